The maximum Gasteiger partial charge on any atom is 0.276 e. The highest BCUT2D eigenvalue weighted by molar-refractivity contribution is 5.92. The van der Waals surface area contributed by atoms with Crippen LogP contribution in [0.5, 0.6) is 0 Å². The molecule has 0 radical (unpaired) electrons. The van der Waals surface area contributed by atoms with E-state index < -0.39 is 0 Å². The Morgan fingerprint density at radius 1 is 1.39 bits per heavy atom. The SMILES string of the molecule is Cc1cccc2[nH]c([C@@H]3CCCN(C(=O)c4ccon4)C3)nc12. The van der Waals surface area contributed by atoms with Crippen LogP contribution < -0.4 is 0 Å². The predicted molar refractivity (Wildman–Crippen MR) is 85.2 cm³/mol. The standard InChI is InChI=1S/C17H18N4O2/c1-11-4-2-6-13-15(11)19-16(18-13)12-5-3-8-21(10-12)17(22)14-7-9-23-20-14/h2,4,6-7,9,12H,3,5,8,10H2,1H3,(H,18,19)/t12-/m1/s1. The number of benzene rings is 1. The molecule has 118 valence electrons. The van der Waals surface area contributed by atoms with Crippen LogP contribution in [0.2, 0.25) is 0 Å². The highest BCUT2D eigenvalue weighted by atomic mass is 16.5. The van der Waals surface area contributed by atoms with Crippen LogP contribution in [0.3, 0.4) is 0 Å². The number of imidazole rings is 1. The van der Waals surface area contributed by atoms with Crippen LogP contribution in [0.1, 0.15) is 40.6 Å². The van der Waals surface area contributed by atoms with Gasteiger partial charge in [0.1, 0.15) is 12.1 Å². The minimum absolute atomic E-state index is 0.0734. The number of aromatic amines is 1. The van der Waals surface area contributed by atoms with Crippen molar-refractivity contribution in [2.75, 3.05) is 13.1 Å². The molecule has 1 fully saturated rings. The quantitative estimate of drug-likeness (QED) is 0.789. The minimum Gasteiger partial charge on any atom is -0.364 e. The van der Waals surface area contributed by atoms with Gasteiger partial charge in [0, 0.05) is 25.1 Å². The van der Waals surface area contributed by atoms with Gasteiger partial charge >= 0.3 is 0 Å². The van der Waals surface area contributed by atoms with Crippen molar-refractivity contribution >= 4 is 16.9 Å². The lowest BCUT2D eigenvalue weighted by atomic mass is 9.97. The van der Waals surface area contributed by atoms with E-state index in [4.69, 9.17) is 9.51 Å². The smallest absolute Gasteiger partial charge is 0.276 e. The first-order chi connectivity index (χ1) is 11.2. The fourth-order valence-corrected chi connectivity index (χ4v) is 3.26. The fourth-order valence-electron chi connectivity index (χ4n) is 3.26. The molecule has 0 unspecified atom stereocenters. The lowest BCUT2D eigenvalue weighted by Crippen LogP contribution is -2.39. The lowest BCUT2D eigenvalue weighted by Gasteiger charge is -2.31. The molecule has 1 aromatic carbocycles. The largest absolute Gasteiger partial charge is 0.364 e. The number of carbonyl (C=O) groups is 1. The van der Waals surface area contributed by atoms with Gasteiger partial charge in [-0.25, -0.2) is 4.98 Å². The molecule has 1 saturated heterocycles. The number of hydrogen-bond acceptors (Lipinski definition) is 4. The molecule has 1 atom stereocenters. The number of para-hydroxylation sites is 1. The predicted octanol–water partition coefficient (Wildman–Crippen LogP) is 2.88. The molecular weight excluding hydrogens is 292 g/mol. The molecule has 4 rings (SSSR count). The van der Waals surface area contributed by atoms with Gasteiger partial charge in [-0.3, -0.25) is 4.79 Å². The number of piperidine rings is 1. The van der Waals surface area contributed by atoms with Gasteiger partial charge in [0.25, 0.3) is 5.91 Å². The van der Waals surface area contributed by atoms with Crippen LogP contribution in [0, 0.1) is 6.92 Å². The van der Waals surface area contributed by atoms with E-state index in [-0.39, 0.29) is 11.8 Å². The summed E-state index contributed by atoms with van der Waals surface area (Å²) in [4.78, 5) is 22.5. The van der Waals surface area contributed by atoms with Gasteiger partial charge in [0.2, 0.25) is 0 Å². The maximum absolute atomic E-state index is 12.4. The zero-order chi connectivity index (χ0) is 15.8. The molecule has 1 N–H and O–H groups in total. The molecule has 0 bridgehead atoms. The number of nitrogens with zero attached hydrogens (tertiary/aromatic N) is 3. The third kappa shape index (κ3) is 2.50. The summed E-state index contributed by atoms with van der Waals surface area (Å²) in [7, 11) is 0. The average molecular weight is 310 g/mol. The first-order valence-electron chi connectivity index (χ1n) is 7.87. The van der Waals surface area contributed by atoms with Crippen LogP contribution in [0.4, 0.5) is 0 Å². The number of amides is 1. The van der Waals surface area contributed by atoms with E-state index in [2.05, 4.69) is 23.1 Å². The molecule has 6 heteroatoms. The second-order valence-electron chi connectivity index (χ2n) is 6.07. The number of aryl methyl sites for hydroxylation is 1. The van der Waals surface area contributed by atoms with Crippen LogP contribution in [0.25, 0.3) is 11.0 Å². The summed E-state index contributed by atoms with van der Waals surface area (Å²) in [5.41, 5.74) is 3.60. The Bertz CT molecular complexity index is 838. The number of carbonyl (C=O) groups excluding carboxylic acids is 1. The summed E-state index contributed by atoms with van der Waals surface area (Å²) >= 11 is 0. The third-order valence-electron chi connectivity index (χ3n) is 4.48. The molecule has 23 heavy (non-hydrogen) atoms. The molecule has 6 nitrogen and oxygen atoms in total. The van der Waals surface area contributed by atoms with Crippen LogP contribution in [-0.2, 0) is 0 Å². The van der Waals surface area contributed by atoms with E-state index in [9.17, 15) is 4.79 Å². The Morgan fingerprint density at radius 3 is 3.09 bits per heavy atom. The van der Waals surface area contributed by atoms with Gasteiger partial charge in [-0.05, 0) is 31.4 Å². The Balaban J connectivity index is 1.59. The van der Waals surface area contributed by atoms with Gasteiger partial charge in [0.15, 0.2) is 5.69 Å². The van der Waals surface area contributed by atoms with Crippen molar-refractivity contribution in [1.29, 1.82) is 0 Å². The van der Waals surface area contributed by atoms with Crippen molar-refractivity contribution < 1.29 is 9.32 Å². The molecule has 1 aliphatic rings. The van der Waals surface area contributed by atoms with E-state index in [0.717, 1.165) is 41.8 Å². The molecule has 0 spiro atoms. The van der Waals surface area contributed by atoms with Crippen LogP contribution in [0.15, 0.2) is 35.1 Å². The van der Waals surface area contributed by atoms with Gasteiger partial charge < -0.3 is 14.4 Å². The summed E-state index contributed by atoms with van der Waals surface area (Å²) in [5, 5.41) is 3.75. The van der Waals surface area contributed by atoms with Gasteiger partial charge in [0.05, 0.1) is 11.0 Å². The normalized spacial score (nSPS) is 18.5. The molecule has 1 amide bonds. The zero-order valence-electron chi connectivity index (χ0n) is 13.0. The first kappa shape index (κ1) is 14.0. The topological polar surface area (TPSA) is 75.0 Å². The Kier molecular flexibility index (Phi) is 3.37. The molecule has 2 aromatic heterocycles. The van der Waals surface area contributed by atoms with Crippen molar-refractivity contribution in [2.45, 2.75) is 25.7 Å². The van der Waals surface area contributed by atoms with Crippen molar-refractivity contribution in [3.8, 4) is 0 Å². The summed E-state index contributed by atoms with van der Waals surface area (Å²) in [6.07, 6.45) is 3.42. The van der Waals surface area contributed by atoms with E-state index in [1.807, 2.05) is 17.0 Å². The van der Waals surface area contributed by atoms with E-state index in [1.165, 1.54) is 6.26 Å². The number of aromatic nitrogens is 3. The summed E-state index contributed by atoms with van der Waals surface area (Å²) in [6, 6.07) is 7.74. The lowest BCUT2D eigenvalue weighted by molar-refractivity contribution is 0.0694. The second kappa shape index (κ2) is 5.53. The number of H-pyrrole nitrogens is 1. The van der Waals surface area contributed by atoms with Gasteiger partial charge in [-0.15, -0.1) is 0 Å². The zero-order valence-corrected chi connectivity index (χ0v) is 13.0. The number of fused-ring (bicyclic) bond motifs is 1. The highest BCUT2D eigenvalue weighted by Crippen LogP contribution is 2.28. The summed E-state index contributed by atoms with van der Waals surface area (Å²) in [5.74, 6) is 1.12. The van der Waals surface area contributed by atoms with Crippen molar-refractivity contribution in [3.63, 3.8) is 0 Å². The third-order valence-corrected chi connectivity index (χ3v) is 4.48. The number of nitrogens with one attached hydrogen (secondary N) is 1. The van der Waals surface area contributed by atoms with E-state index in [0.29, 0.717) is 12.2 Å². The maximum atomic E-state index is 12.4. The second-order valence-corrected chi connectivity index (χ2v) is 6.07. The van der Waals surface area contributed by atoms with Crippen LogP contribution >= 0.6 is 0 Å². The minimum atomic E-state index is -0.0734. The van der Waals surface area contributed by atoms with E-state index >= 15 is 0 Å². The van der Waals surface area contributed by atoms with Crippen molar-refractivity contribution in [1.82, 2.24) is 20.0 Å². The van der Waals surface area contributed by atoms with Gasteiger partial charge in [-0.2, -0.15) is 0 Å². The number of hydrogen-bond donors (Lipinski definition) is 1. The van der Waals surface area contributed by atoms with Crippen molar-refractivity contribution in [2.24, 2.45) is 0 Å². The molecule has 3 aromatic rings. The Labute approximate surface area is 133 Å². The summed E-state index contributed by atoms with van der Waals surface area (Å²) < 4.78 is 4.77. The molecule has 0 aliphatic carbocycles. The molecule has 3 heterocycles. The summed E-state index contributed by atoms with van der Waals surface area (Å²) in [6.45, 7) is 3.47. The Morgan fingerprint density at radius 2 is 2.30 bits per heavy atom. The monoisotopic (exact) mass is 310 g/mol. The molecule has 1 aliphatic heterocycles. The molecule has 0 saturated carbocycles. The van der Waals surface area contributed by atoms with Crippen molar-refractivity contribution in [3.05, 3.63) is 47.6 Å². The van der Waals surface area contributed by atoms with Crippen LogP contribution in [-0.4, -0.2) is 39.0 Å². The van der Waals surface area contributed by atoms with Gasteiger partial charge in [-0.1, -0.05) is 17.3 Å². The number of likely N-dealkylation sites (tertiary alicyclic amines) is 1. The fraction of sp³-hybridized carbons (Fsp3) is 0.353. The van der Waals surface area contributed by atoms with E-state index in [1.54, 1.807) is 6.07 Å². The first-order valence-corrected chi connectivity index (χ1v) is 7.87. The highest BCUT2D eigenvalue weighted by Gasteiger charge is 2.28. The molecular formula is C17H18N4O2. The Hall–Kier alpha value is -2.63. The average Bonchev–Trinajstić information content (AvgIpc) is 3.24. The number of rotatable bonds is 2.